The standard InChI is InChI=1S/C16H34N4O2/c1-5-16(22,6-2)13-18-15(21)17-9-12-20-10-7-14(8-11-20)19(3)4/h14,22H,5-13H2,1-4H3,(H2,17,18,21). The Morgan fingerprint density at radius 2 is 1.82 bits per heavy atom. The Bertz CT molecular complexity index is 324. The summed E-state index contributed by atoms with van der Waals surface area (Å²) in [5.41, 5.74) is -0.786. The van der Waals surface area contributed by atoms with Crippen molar-refractivity contribution in [3.05, 3.63) is 0 Å². The number of urea groups is 1. The van der Waals surface area contributed by atoms with Gasteiger partial charge in [-0.1, -0.05) is 13.8 Å². The smallest absolute Gasteiger partial charge is 0.314 e. The molecule has 6 nitrogen and oxygen atoms in total. The van der Waals surface area contributed by atoms with Gasteiger partial charge in [-0.3, -0.25) is 0 Å². The first-order chi connectivity index (χ1) is 10.4. The maximum absolute atomic E-state index is 11.7. The molecule has 0 saturated carbocycles. The summed E-state index contributed by atoms with van der Waals surface area (Å²) < 4.78 is 0. The average molecular weight is 314 g/mol. The minimum Gasteiger partial charge on any atom is -0.388 e. The average Bonchev–Trinajstić information content (AvgIpc) is 2.53. The zero-order chi connectivity index (χ0) is 16.6. The number of carbonyl (C=O) groups excluding carboxylic acids is 1. The second-order valence-electron chi connectivity index (χ2n) is 6.58. The first-order valence-electron chi connectivity index (χ1n) is 8.53. The summed E-state index contributed by atoms with van der Waals surface area (Å²) >= 11 is 0. The van der Waals surface area contributed by atoms with Gasteiger partial charge in [0.1, 0.15) is 0 Å². The summed E-state index contributed by atoms with van der Waals surface area (Å²) in [6.07, 6.45) is 3.67. The van der Waals surface area contributed by atoms with Gasteiger partial charge >= 0.3 is 6.03 Å². The van der Waals surface area contributed by atoms with Crippen molar-refractivity contribution in [1.29, 1.82) is 0 Å². The van der Waals surface area contributed by atoms with Crippen molar-refractivity contribution in [2.24, 2.45) is 0 Å². The van der Waals surface area contributed by atoms with Crippen LogP contribution in [0.15, 0.2) is 0 Å². The van der Waals surface area contributed by atoms with Gasteiger partial charge in [-0.25, -0.2) is 4.79 Å². The molecule has 1 heterocycles. The molecule has 1 aliphatic rings. The van der Waals surface area contributed by atoms with Crippen molar-refractivity contribution < 1.29 is 9.90 Å². The van der Waals surface area contributed by atoms with Crippen LogP contribution in [-0.4, -0.2) is 79.4 Å². The fraction of sp³-hybridized carbons (Fsp3) is 0.938. The predicted octanol–water partition coefficient (Wildman–Crippen LogP) is 0.863. The van der Waals surface area contributed by atoms with E-state index >= 15 is 0 Å². The van der Waals surface area contributed by atoms with Gasteiger partial charge in [0.25, 0.3) is 0 Å². The second kappa shape index (κ2) is 9.33. The largest absolute Gasteiger partial charge is 0.388 e. The van der Waals surface area contributed by atoms with Crippen LogP contribution in [0.1, 0.15) is 39.5 Å². The Morgan fingerprint density at radius 1 is 1.23 bits per heavy atom. The molecule has 0 atom stereocenters. The van der Waals surface area contributed by atoms with Gasteiger partial charge in [-0.2, -0.15) is 0 Å². The van der Waals surface area contributed by atoms with Crippen molar-refractivity contribution in [3.8, 4) is 0 Å². The van der Waals surface area contributed by atoms with Crippen molar-refractivity contribution in [1.82, 2.24) is 20.4 Å². The van der Waals surface area contributed by atoms with E-state index in [2.05, 4.69) is 34.5 Å². The minimum atomic E-state index is -0.786. The van der Waals surface area contributed by atoms with Crippen LogP contribution in [-0.2, 0) is 0 Å². The molecule has 3 N–H and O–H groups in total. The summed E-state index contributed by atoms with van der Waals surface area (Å²) in [5.74, 6) is 0. The lowest BCUT2D eigenvalue weighted by Crippen LogP contribution is -2.48. The van der Waals surface area contributed by atoms with Gasteiger partial charge in [0, 0.05) is 25.7 Å². The highest BCUT2D eigenvalue weighted by atomic mass is 16.3. The summed E-state index contributed by atoms with van der Waals surface area (Å²) in [6, 6.07) is 0.497. The van der Waals surface area contributed by atoms with Crippen LogP contribution >= 0.6 is 0 Å². The quantitative estimate of drug-likeness (QED) is 0.622. The van der Waals surface area contributed by atoms with Gasteiger partial charge in [0.05, 0.1) is 5.60 Å². The third-order valence-corrected chi connectivity index (χ3v) is 4.90. The molecule has 1 aliphatic heterocycles. The molecule has 0 unspecified atom stereocenters. The van der Waals surface area contributed by atoms with E-state index in [4.69, 9.17) is 0 Å². The maximum Gasteiger partial charge on any atom is 0.314 e. The number of piperidine rings is 1. The van der Waals surface area contributed by atoms with E-state index in [1.807, 2.05) is 13.8 Å². The van der Waals surface area contributed by atoms with E-state index in [-0.39, 0.29) is 6.03 Å². The van der Waals surface area contributed by atoms with E-state index in [0.29, 0.717) is 32.0 Å². The van der Waals surface area contributed by atoms with Gasteiger partial charge in [-0.15, -0.1) is 0 Å². The fourth-order valence-corrected chi connectivity index (χ4v) is 2.79. The Labute approximate surface area is 135 Å². The molecule has 1 rings (SSSR count). The van der Waals surface area contributed by atoms with Gasteiger partial charge in [0.2, 0.25) is 0 Å². The fourth-order valence-electron chi connectivity index (χ4n) is 2.79. The SMILES string of the molecule is CCC(O)(CC)CNC(=O)NCCN1CCC(N(C)C)CC1. The molecule has 130 valence electrons. The van der Waals surface area contributed by atoms with Crippen LogP contribution in [0.4, 0.5) is 4.79 Å². The normalized spacial score (nSPS) is 17.7. The lowest BCUT2D eigenvalue weighted by Gasteiger charge is -2.35. The molecular weight excluding hydrogens is 280 g/mol. The summed E-state index contributed by atoms with van der Waals surface area (Å²) in [5, 5.41) is 15.8. The maximum atomic E-state index is 11.7. The highest BCUT2D eigenvalue weighted by Gasteiger charge is 2.23. The van der Waals surface area contributed by atoms with Crippen LogP contribution in [0.3, 0.4) is 0 Å². The van der Waals surface area contributed by atoms with Crippen molar-refractivity contribution in [2.75, 3.05) is 46.8 Å². The predicted molar refractivity (Wildman–Crippen MR) is 90.1 cm³/mol. The van der Waals surface area contributed by atoms with Crippen LogP contribution in [0.5, 0.6) is 0 Å². The van der Waals surface area contributed by atoms with Gasteiger partial charge in [-0.05, 0) is 52.9 Å². The van der Waals surface area contributed by atoms with Gasteiger partial charge < -0.3 is 25.5 Å². The van der Waals surface area contributed by atoms with E-state index in [1.54, 1.807) is 0 Å². The summed E-state index contributed by atoms with van der Waals surface area (Å²) in [4.78, 5) is 16.4. The number of amides is 2. The Morgan fingerprint density at radius 3 is 2.32 bits per heavy atom. The van der Waals surface area contributed by atoms with E-state index in [0.717, 1.165) is 19.6 Å². The van der Waals surface area contributed by atoms with Crippen LogP contribution in [0, 0.1) is 0 Å². The molecule has 0 spiro atoms. The van der Waals surface area contributed by atoms with Crippen LogP contribution in [0.25, 0.3) is 0 Å². The number of likely N-dealkylation sites (tertiary alicyclic amines) is 1. The number of aliphatic hydroxyl groups is 1. The van der Waals surface area contributed by atoms with Crippen molar-refractivity contribution >= 4 is 6.03 Å². The molecule has 2 amide bonds. The molecule has 1 saturated heterocycles. The van der Waals surface area contributed by atoms with E-state index in [9.17, 15) is 9.90 Å². The third-order valence-electron chi connectivity index (χ3n) is 4.90. The zero-order valence-corrected chi connectivity index (χ0v) is 14.7. The molecule has 0 bridgehead atoms. The molecule has 0 aromatic carbocycles. The first-order valence-corrected chi connectivity index (χ1v) is 8.53. The molecule has 0 aliphatic carbocycles. The number of hydrogen-bond acceptors (Lipinski definition) is 4. The zero-order valence-electron chi connectivity index (χ0n) is 14.7. The molecule has 6 heteroatoms. The molecule has 22 heavy (non-hydrogen) atoms. The lowest BCUT2D eigenvalue weighted by atomic mass is 9.98. The first kappa shape index (κ1) is 19.2. The Hall–Kier alpha value is -0.850. The van der Waals surface area contributed by atoms with Crippen molar-refractivity contribution in [2.45, 2.75) is 51.2 Å². The topological polar surface area (TPSA) is 67.8 Å². The van der Waals surface area contributed by atoms with Crippen LogP contribution < -0.4 is 10.6 Å². The monoisotopic (exact) mass is 314 g/mol. The summed E-state index contributed by atoms with van der Waals surface area (Å²) in [6.45, 7) is 7.89. The van der Waals surface area contributed by atoms with Crippen molar-refractivity contribution in [3.63, 3.8) is 0 Å². The van der Waals surface area contributed by atoms with Gasteiger partial charge in [0.15, 0.2) is 0 Å². The van der Waals surface area contributed by atoms with Crippen LogP contribution in [0.2, 0.25) is 0 Å². The molecule has 1 fully saturated rings. The number of nitrogens with zero attached hydrogens (tertiary/aromatic N) is 2. The molecule has 0 aromatic heterocycles. The lowest BCUT2D eigenvalue weighted by molar-refractivity contribution is 0.0349. The number of hydrogen-bond donors (Lipinski definition) is 3. The molecular formula is C16H34N4O2. The highest BCUT2D eigenvalue weighted by Crippen LogP contribution is 2.13. The second-order valence-corrected chi connectivity index (χ2v) is 6.58. The third kappa shape index (κ3) is 6.50. The summed E-state index contributed by atoms with van der Waals surface area (Å²) in [7, 11) is 4.28. The Balaban J connectivity index is 2.13. The highest BCUT2D eigenvalue weighted by molar-refractivity contribution is 5.73. The molecule has 0 radical (unpaired) electrons. The number of carbonyl (C=O) groups is 1. The number of rotatable bonds is 8. The Kier molecular flexibility index (Phi) is 8.14. The minimum absolute atomic E-state index is 0.191. The van der Waals surface area contributed by atoms with E-state index < -0.39 is 5.60 Å². The van der Waals surface area contributed by atoms with E-state index in [1.165, 1.54) is 12.8 Å². The number of nitrogens with one attached hydrogen (secondary N) is 2. The molecule has 0 aromatic rings.